The van der Waals surface area contributed by atoms with E-state index in [1.165, 1.54) is 6.07 Å². The SMILES string of the molecule is Cc1ccc(OCCOc2ncc(-c3cnc(C)c(CC(=O)OC(C)C)c3N3CCC(C)(C)CC3)cc2F)c(Cl)c1. The molecule has 0 spiro atoms. The molecule has 1 aliphatic heterocycles. The number of esters is 1. The van der Waals surface area contributed by atoms with E-state index in [2.05, 4.69) is 28.7 Å². The highest BCUT2D eigenvalue weighted by Crippen LogP contribution is 2.40. The van der Waals surface area contributed by atoms with Crippen LogP contribution in [0.1, 0.15) is 57.4 Å². The zero-order chi connectivity index (χ0) is 29.7. The highest BCUT2D eigenvalue weighted by atomic mass is 35.5. The molecule has 0 radical (unpaired) electrons. The first-order valence-corrected chi connectivity index (χ1v) is 14.4. The van der Waals surface area contributed by atoms with Gasteiger partial charge in [0.25, 0.3) is 5.88 Å². The Balaban J connectivity index is 1.57. The number of ether oxygens (including phenoxy) is 3. The molecule has 4 rings (SSSR count). The lowest BCUT2D eigenvalue weighted by Crippen LogP contribution is -2.38. The van der Waals surface area contributed by atoms with Gasteiger partial charge in [0.05, 0.1) is 23.2 Å². The van der Waals surface area contributed by atoms with E-state index in [1.54, 1.807) is 18.5 Å². The maximum absolute atomic E-state index is 15.2. The van der Waals surface area contributed by atoms with E-state index in [-0.39, 0.29) is 43.0 Å². The van der Waals surface area contributed by atoms with Gasteiger partial charge in [0.15, 0.2) is 5.82 Å². The minimum atomic E-state index is -0.595. The molecule has 3 aromatic rings. The van der Waals surface area contributed by atoms with Crippen LogP contribution in [0.4, 0.5) is 10.1 Å². The van der Waals surface area contributed by atoms with Crippen molar-refractivity contribution in [3.05, 3.63) is 64.3 Å². The van der Waals surface area contributed by atoms with E-state index in [9.17, 15) is 4.79 Å². The third-order valence-corrected chi connectivity index (χ3v) is 7.57. The largest absolute Gasteiger partial charge is 0.488 e. The van der Waals surface area contributed by atoms with Crippen LogP contribution in [0.3, 0.4) is 0 Å². The first-order chi connectivity index (χ1) is 19.4. The second-order valence-electron chi connectivity index (χ2n) is 11.6. The van der Waals surface area contributed by atoms with Gasteiger partial charge < -0.3 is 19.1 Å². The Morgan fingerprint density at radius 2 is 1.78 bits per heavy atom. The van der Waals surface area contributed by atoms with E-state index in [1.807, 2.05) is 39.8 Å². The zero-order valence-corrected chi connectivity index (χ0v) is 25.5. The number of benzene rings is 1. The number of piperidine rings is 1. The molecule has 0 N–H and O–H groups in total. The van der Waals surface area contributed by atoms with Crippen LogP contribution in [0.15, 0.2) is 36.7 Å². The van der Waals surface area contributed by atoms with Crippen molar-refractivity contribution in [2.45, 2.75) is 66.9 Å². The van der Waals surface area contributed by atoms with Crippen LogP contribution in [0, 0.1) is 25.1 Å². The summed E-state index contributed by atoms with van der Waals surface area (Å²) >= 11 is 6.21. The average Bonchev–Trinajstić information content (AvgIpc) is 2.89. The fourth-order valence-electron chi connectivity index (χ4n) is 4.89. The maximum atomic E-state index is 15.2. The lowest BCUT2D eigenvalue weighted by Gasteiger charge is -2.40. The molecule has 220 valence electrons. The number of pyridine rings is 2. The van der Waals surface area contributed by atoms with Crippen LogP contribution >= 0.6 is 11.6 Å². The molecule has 1 saturated heterocycles. The summed E-state index contributed by atoms with van der Waals surface area (Å²) in [5.41, 5.74) is 4.96. The molecule has 2 aromatic heterocycles. The highest BCUT2D eigenvalue weighted by molar-refractivity contribution is 6.32. The molecular formula is C32H39ClFN3O4. The smallest absolute Gasteiger partial charge is 0.310 e. The third kappa shape index (κ3) is 7.88. The van der Waals surface area contributed by atoms with Crippen LogP contribution in [0.25, 0.3) is 11.1 Å². The molecule has 0 amide bonds. The number of hydrogen-bond acceptors (Lipinski definition) is 7. The summed E-state index contributed by atoms with van der Waals surface area (Å²) in [4.78, 5) is 23.9. The first-order valence-electron chi connectivity index (χ1n) is 14.0. The van der Waals surface area contributed by atoms with Gasteiger partial charge in [-0.05, 0) is 69.7 Å². The van der Waals surface area contributed by atoms with Crippen LogP contribution in [0.2, 0.25) is 5.02 Å². The zero-order valence-electron chi connectivity index (χ0n) is 24.7. The molecule has 0 atom stereocenters. The number of carbonyl (C=O) groups excluding carboxylic acids is 1. The predicted molar refractivity (Wildman–Crippen MR) is 160 cm³/mol. The summed E-state index contributed by atoms with van der Waals surface area (Å²) < 4.78 is 31.9. The van der Waals surface area contributed by atoms with Gasteiger partial charge in [-0.3, -0.25) is 9.78 Å². The lowest BCUT2D eigenvalue weighted by molar-refractivity contribution is -0.146. The van der Waals surface area contributed by atoms with E-state index in [0.717, 1.165) is 54.0 Å². The molecule has 41 heavy (non-hydrogen) atoms. The van der Waals surface area contributed by atoms with Crippen LogP contribution in [-0.4, -0.2) is 48.3 Å². The van der Waals surface area contributed by atoms with Crippen molar-refractivity contribution in [2.24, 2.45) is 5.41 Å². The van der Waals surface area contributed by atoms with Crippen molar-refractivity contribution in [1.82, 2.24) is 9.97 Å². The number of anilines is 1. The van der Waals surface area contributed by atoms with Crippen LogP contribution < -0.4 is 14.4 Å². The van der Waals surface area contributed by atoms with E-state index in [0.29, 0.717) is 16.3 Å². The van der Waals surface area contributed by atoms with Gasteiger partial charge in [-0.1, -0.05) is 31.5 Å². The predicted octanol–water partition coefficient (Wildman–Crippen LogP) is 7.13. The quantitative estimate of drug-likeness (QED) is 0.186. The Bertz CT molecular complexity index is 1390. The van der Waals surface area contributed by atoms with Gasteiger partial charge in [0.1, 0.15) is 19.0 Å². The summed E-state index contributed by atoms with van der Waals surface area (Å²) in [5.74, 6) is -0.488. The molecule has 0 unspecified atom stereocenters. The molecule has 0 saturated carbocycles. The summed E-state index contributed by atoms with van der Waals surface area (Å²) in [6.45, 7) is 13.9. The Morgan fingerprint density at radius 3 is 2.44 bits per heavy atom. The second kappa shape index (κ2) is 13.1. The average molecular weight is 584 g/mol. The number of aryl methyl sites for hydroxylation is 2. The number of aromatic nitrogens is 2. The Hall–Kier alpha value is -3.39. The van der Waals surface area contributed by atoms with Gasteiger partial charge in [0.2, 0.25) is 0 Å². The van der Waals surface area contributed by atoms with E-state index >= 15 is 4.39 Å². The van der Waals surface area contributed by atoms with Gasteiger partial charge in [-0.2, -0.15) is 0 Å². The highest BCUT2D eigenvalue weighted by Gasteiger charge is 2.30. The molecule has 7 nitrogen and oxygen atoms in total. The second-order valence-corrected chi connectivity index (χ2v) is 12.0. The fraction of sp³-hybridized carbons (Fsp3) is 0.469. The first kappa shape index (κ1) is 30.6. The Kier molecular flexibility index (Phi) is 9.74. The summed E-state index contributed by atoms with van der Waals surface area (Å²) in [6, 6.07) is 6.91. The topological polar surface area (TPSA) is 73.8 Å². The number of carbonyl (C=O) groups is 1. The minimum absolute atomic E-state index is 0.0855. The van der Waals surface area contributed by atoms with Crippen LogP contribution in [0.5, 0.6) is 11.6 Å². The summed E-state index contributed by atoms with van der Waals surface area (Å²) in [7, 11) is 0. The standard InChI is InChI=1S/C32H39ClFN3O4/c1-20(2)41-29(38)17-24-22(4)35-19-25(30(24)37-11-9-32(5,6)10-12-37)23-16-27(34)31(36-18-23)40-14-13-39-28-8-7-21(3)15-26(28)33/h7-8,15-16,18-20H,9-14,17H2,1-6H3. The molecule has 0 bridgehead atoms. The monoisotopic (exact) mass is 583 g/mol. The van der Waals surface area contributed by atoms with Crippen molar-refractivity contribution in [3.63, 3.8) is 0 Å². The number of nitrogens with zero attached hydrogens (tertiary/aromatic N) is 3. The molecule has 1 aliphatic rings. The molecule has 9 heteroatoms. The van der Waals surface area contributed by atoms with Crippen molar-refractivity contribution in [1.29, 1.82) is 0 Å². The normalized spacial score (nSPS) is 14.7. The van der Waals surface area contributed by atoms with Crippen molar-refractivity contribution < 1.29 is 23.4 Å². The van der Waals surface area contributed by atoms with Gasteiger partial charge in [-0.25, -0.2) is 9.37 Å². The van der Waals surface area contributed by atoms with Gasteiger partial charge in [0, 0.05) is 47.9 Å². The van der Waals surface area contributed by atoms with E-state index < -0.39 is 5.82 Å². The van der Waals surface area contributed by atoms with Crippen molar-refractivity contribution in [2.75, 3.05) is 31.2 Å². The molecule has 0 aliphatic carbocycles. The molecule has 1 aromatic carbocycles. The van der Waals surface area contributed by atoms with Crippen molar-refractivity contribution >= 4 is 23.3 Å². The third-order valence-electron chi connectivity index (χ3n) is 7.27. The lowest BCUT2D eigenvalue weighted by atomic mass is 9.82. The number of rotatable bonds is 10. The van der Waals surface area contributed by atoms with Crippen molar-refractivity contribution in [3.8, 4) is 22.8 Å². The number of hydrogen-bond donors (Lipinski definition) is 0. The summed E-state index contributed by atoms with van der Waals surface area (Å²) in [5, 5.41) is 0.510. The summed E-state index contributed by atoms with van der Waals surface area (Å²) in [6.07, 6.45) is 5.18. The van der Waals surface area contributed by atoms with Gasteiger partial charge in [-0.15, -0.1) is 0 Å². The van der Waals surface area contributed by atoms with E-state index in [4.69, 9.17) is 25.8 Å². The Morgan fingerprint density at radius 1 is 1.07 bits per heavy atom. The van der Waals surface area contributed by atoms with Crippen LogP contribution in [-0.2, 0) is 16.0 Å². The maximum Gasteiger partial charge on any atom is 0.310 e. The Labute approximate surface area is 247 Å². The minimum Gasteiger partial charge on any atom is -0.488 e. The fourth-order valence-corrected chi connectivity index (χ4v) is 5.18. The van der Waals surface area contributed by atoms with Gasteiger partial charge >= 0.3 is 5.97 Å². The molecular weight excluding hydrogens is 545 g/mol. The molecule has 3 heterocycles. The number of halogens is 2. The molecule has 1 fully saturated rings.